The zero-order valence-electron chi connectivity index (χ0n) is 12.1. The first-order valence-corrected chi connectivity index (χ1v) is 7.55. The number of fused-ring (bicyclic) bond motifs is 1. The number of nitrogens with zero attached hydrogens (tertiary/aromatic N) is 3. The van der Waals surface area contributed by atoms with Crippen molar-refractivity contribution in [2.24, 2.45) is 0 Å². The van der Waals surface area contributed by atoms with E-state index in [9.17, 15) is 4.79 Å². The number of amides is 1. The summed E-state index contributed by atoms with van der Waals surface area (Å²) in [5.41, 5.74) is 1.62. The van der Waals surface area contributed by atoms with Crippen molar-refractivity contribution in [2.75, 3.05) is 13.1 Å². The smallest absolute Gasteiger partial charge is 0.242 e. The van der Waals surface area contributed by atoms with Crippen LogP contribution < -0.4 is 0 Å². The molecule has 21 heavy (non-hydrogen) atoms. The molecular weight excluding hydrogens is 262 g/mol. The van der Waals surface area contributed by atoms with Crippen LogP contribution >= 0.6 is 0 Å². The van der Waals surface area contributed by atoms with E-state index in [-0.39, 0.29) is 5.91 Å². The van der Waals surface area contributed by atoms with Crippen LogP contribution in [0.2, 0.25) is 0 Å². The summed E-state index contributed by atoms with van der Waals surface area (Å²) in [5, 5.41) is 10.0. The Morgan fingerprint density at radius 1 is 1.14 bits per heavy atom. The molecule has 1 amide bonds. The van der Waals surface area contributed by atoms with Gasteiger partial charge < -0.3 is 9.47 Å². The van der Waals surface area contributed by atoms with Gasteiger partial charge in [-0.25, -0.2) is 0 Å². The first kappa shape index (κ1) is 13.7. The molecule has 0 N–H and O–H groups in total. The third-order valence-corrected chi connectivity index (χ3v) is 4.20. The van der Waals surface area contributed by atoms with Gasteiger partial charge in [-0.05, 0) is 31.0 Å². The van der Waals surface area contributed by atoms with Crippen molar-refractivity contribution in [3.05, 3.63) is 36.0 Å². The molecule has 0 spiro atoms. The Kier molecular flexibility index (Phi) is 3.92. The summed E-state index contributed by atoms with van der Waals surface area (Å²) in [5.74, 6) is 0.178. The molecule has 2 aromatic rings. The number of likely N-dealkylation sites (tertiary alicyclic amines) is 1. The molecule has 0 unspecified atom stereocenters. The lowest BCUT2D eigenvalue weighted by Crippen LogP contribution is -2.34. The van der Waals surface area contributed by atoms with Crippen LogP contribution in [0, 0.1) is 11.3 Å². The topological polar surface area (TPSA) is 49.0 Å². The van der Waals surface area contributed by atoms with Crippen LogP contribution in [-0.4, -0.2) is 28.5 Å². The third kappa shape index (κ3) is 2.78. The molecule has 3 rings (SSSR count). The van der Waals surface area contributed by atoms with E-state index in [0.717, 1.165) is 36.8 Å². The molecule has 108 valence electrons. The van der Waals surface area contributed by atoms with E-state index in [2.05, 4.69) is 6.07 Å². The molecule has 0 radical (unpaired) electrons. The number of rotatable bonds is 2. The van der Waals surface area contributed by atoms with E-state index in [4.69, 9.17) is 5.26 Å². The first-order valence-electron chi connectivity index (χ1n) is 7.55. The number of hydrogen-bond donors (Lipinski definition) is 0. The molecule has 1 aliphatic heterocycles. The van der Waals surface area contributed by atoms with Gasteiger partial charge in [0.15, 0.2) is 0 Å². The molecule has 0 atom stereocenters. The lowest BCUT2D eigenvalue weighted by atomic mass is 10.1. The second-order valence-electron chi connectivity index (χ2n) is 5.59. The van der Waals surface area contributed by atoms with E-state index in [1.54, 1.807) is 0 Å². The van der Waals surface area contributed by atoms with E-state index in [1.807, 2.05) is 39.9 Å². The summed E-state index contributed by atoms with van der Waals surface area (Å²) in [6.45, 7) is 2.11. The number of nitriles is 1. The van der Waals surface area contributed by atoms with Gasteiger partial charge in [0, 0.05) is 30.2 Å². The maximum atomic E-state index is 12.5. The highest BCUT2D eigenvalue weighted by molar-refractivity contribution is 5.87. The molecule has 4 heteroatoms. The Morgan fingerprint density at radius 3 is 2.62 bits per heavy atom. The maximum absolute atomic E-state index is 12.5. The quantitative estimate of drug-likeness (QED) is 0.849. The summed E-state index contributed by atoms with van der Waals surface area (Å²) in [6, 6.07) is 9.76. The van der Waals surface area contributed by atoms with Crippen molar-refractivity contribution in [1.29, 1.82) is 5.26 Å². The summed E-state index contributed by atoms with van der Waals surface area (Å²) < 4.78 is 1.95. The predicted molar refractivity (Wildman–Crippen MR) is 81.7 cm³/mol. The molecule has 1 aliphatic rings. The number of aromatic nitrogens is 1. The Hall–Kier alpha value is -2.28. The van der Waals surface area contributed by atoms with E-state index in [1.165, 1.54) is 12.8 Å². The van der Waals surface area contributed by atoms with Gasteiger partial charge in [-0.1, -0.05) is 18.9 Å². The minimum Gasteiger partial charge on any atom is -0.341 e. The van der Waals surface area contributed by atoms with Gasteiger partial charge >= 0.3 is 0 Å². The van der Waals surface area contributed by atoms with Gasteiger partial charge in [-0.15, -0.1) is 0 Å². The standard InChI is InChI=1S/C17H19N3O/c18-12-14-6-5-7-16-15(14)8-11-20(16)13-17(21)19-9-3-1-2-4-10-19/h5-8,11H,1-4,9-10,13H2. The highest BCUT2D eigenvalue weighted by Gasteiger charge is 2.16. The van der Waals surface area contributed by atoms with Gasteiger partial charge in [0.1, 0.15) is 6.54 Å². The lowest BCUT2D eigenvalue weighted by Gasteiger charge is -2.20. The van der Waals surface area contributed by atoms with Crippen molar-refractivity contribution in [3.63, 3.8) is 0 Å². The van der Waals surface area contributed by atoms with Crippen molar-refractivity contribution in [1.82, 2.24) is 9.47 Å². The van der Waals surface area contributed by atoms with Gasteiger partial charge in [-0.2, -0.15) is 5.26 Å². The molecule has 4 nitrogen and oxygen atoms in total. The third-order valence-electron chi connectivity index (χ3n) is 4.20. The molecule has 1 aromatic carbocycles. The Labute approximate surface area is 124 Å². The Balaban J connectivity index is 1.81. The molecule has 0 aliphatic carbocycles. The lowest BCUT2D eigenvalue weighted by molar-refractivity contribution is -0.131. The number of benzene rings is 1. The fourth-order valence-corrected chi connectivity index (χ4v) is 3.02. The fraction of sp³-hybridized carbons (Fsp3) is 0.412. The zero-order chi connectivity index (χ0) is 14.7. The molecule has 1 aromatic heterocycles. The van der Waals surface area contributed by atoms with Crippen LogP contribution in [0.3, 0.4) is 0 Å². The average Bonchev–Trinajstić information content (AvgIpc) is 2.75. The minimum absolute atomic E-state index is 0.178. The summed E-state index contributed by atoms with van der Waals surface area (Å²) in [6.07, 6.45) is 6.57. The molecule has 0 bridgehead atoms. The SMILES string of the molecule is N#Cc1cccc2c1ccn2CC(=O)N1CCCCCC1. The second-order valence-corrected chi connectivity index (χ2v) is 5.59. The second kappa shape index (κ2) is 6.01. The summed E-state index contributed by atoms with van der Waals surface area (Å²) in [7, 11) is 0. The minimum atomic E-state index is 0.178. The Bertz CT molecular complexity index is 688. The van der Waals surface area contributed by atoms with Crippen LogP contribution in [0.4, 0.5) is 0 Å². The van der Waals surface area contributed by atoms with Gasteiger partial charge in [0.25, 0.3) is 0 Å². The Morgan fingerprint density at radius 2 is 1.90 bits per heavy atom. The van der Waals surface area contributed by atoms with Crippen LogP contribution in [0.25, 0.3) is 10.9 Å². The zero-order valence-corrected chi connectivity index (χ0v) is 12.1. The monoisotopic (exact) mass is 281 g/mol. The summed E-state index contributed by atoms with van der Waals surface area (Å²) in [4.78, 5) is 14.4. The van der Waals surface area contributed by atoms with Crippen LogP contribution in [-0.2, 0) is 11.3 Å². The fourth-order valence-electron chi connectivity index (χ4n) is 3.02. The predicted octanol–water partition coefficient (Wildman–Crippen LogP) is 2.92. The maximum Gasteiger partial charge on any atom is 0.242 e. The van der Waals surface area contributed by atoms with Crippen LogP contribution in [0.15, 0.2) is 30.5 Å². The van der Waals surface area contributed by atoms with Crippen LogP contribution in [0.5, 0.6) is 0 Å². The average molecular weight is 281 g/mol. The van der Waals surface area contributed by atoms with Crippen molar-refractivity contribution < 1.29 is 4.79 Å². The first-order chi connectivity index (χ1) is 10.3. The van der Waals surface area contributed by atoms with E-state index < -0.39 is 0 Å². The highest BCUT2D eigenvalue weighted by Crippen LogP contribution is 2.20. The molecule has 1 fully saturated rings. The van der Waals surface area contributed by atoms with E-state index >= 15 is 0 Å². The van der Waals surface area contributed by atoms with Gasteiger partial charge in [0.05, 0.1) is 11.6 Å². The van der Waals surface area contributed by atoms with E-state index in [0.29, 0.717) is 12.1 Å². The molecule has 1 saturated heterocycles. The number of carbonyl (C=O) groups excluding carboxylic acids is 1. The molecule has 2 heterocycles. The number of hydrogen-bond acceptors (Lipinski definition) is 2. The molecule has 0 saturated carbocycles. The van der Waals surface area contributed by atoms with Gasteiger partial charge in [0.2, 0.25) is 5.91 Å². The largest absolute Gasteiger partial charge is 0.341 e. The van der Waals surface area contributed by atoms with Crippen LogP contribution in [0.1, 0.15) is 31.2 Å². The normalized spacial score (nSPS) is 15.7. The molecular formula is C17H19N3O. The van der Waals surface area contributed by atoms with Crippen molar-refractivity contribution >= 4 is 16.8 Å². The number of carbonyl (C=O) groups is 1. The van der Waals surface area contributed by atoms with Crippen molar-refractivity contribution in [3.8, 4) is 6.07 Å². The van der Waals surface area contributed by atoms with Crippen molar-refractivity contribution in [2.45, 2.75) is 32.2 Å². The highest BCUT2D eigenvalue weighted by atomic mass is 16.2. The van der Waals surface area contributed by atoms with Gasteiger partial charge in [-0.3, -0.25) is 4.79 Å². The summed E-state index contributed by atoms with van der Waals surface area (Å²) >= 11 is 0.